The number of nitrogens with one attached hydrogen (secondary N) is 2. The Labute approximate surface area is 121 Å². The van der Waals surface area contributed by atoms with Crippen molar-refractivity contribution in [3.63, 3.8) is 0 Å². The second-order valence-electron chi connectivity index (χ2n) is 5.06. The van der Waals surface area contributed by atoms with Crippen molar-refractivity contribution in [3.8, 4) is 0 Å². The van der Waals surface area contributed by atoms with Gasteiger partial charge in [0.1, 0.15) is 5.82 Å². The van der Waals surface area contributed by atoms with Gasteiger partial charge in [-0.05, 0) is 24.5 Å². The van der Waals surface area contributed by atoms with Crippen LogP contribution in [0.25, 0.3) is 6.08 Å². The fraction of sp³-hybridized carbons (Fsp3) is 0.267. The van der Waals surface area contributed by atoms with Crippen molar-refractivity contribution in [1.29, 1.82) is 0 Å². The fourth-order valence-electron chi connectivity index (χ4n) is 2.64. The third kappa shape index (κ3) is 2.65. The third-order valence-corrected chi connectivity index (χ3v) is 3.66. The molecule has 21 heavy (non-hydrogen) atoms. The summed E-state index contributed by atoms with van der Waals surface area (Å²) in [4.78, 5) is 22.7. The minimum atomic E-state index is -0.432. The molecule has 1 saturated carbocycles. The fourth-order valence-corrected chi connectivity index (χ4v) is 2.64. The van der Waals surface area contributed by atoms with Gasteiger partial charge in [-0.3, -0.25) is 14.9 Å². The zero-order chi connectivity index (χ0) is 14.8. The highest BCUT2D eigenvalue weighted by Crippen LogP contribution is 2.30. The highest BCUT2D eigenvalue weighted by molar-refractivity contribution is 6.13. The van der Waals surface area contributed by atoms with E-state index in [0.29, 0.717) is 24.0 Å². The number of benzene rings is 1. The monoisotopic (exact) mass is 285 g/mol. The number of hydrogen-bond acceptors (Lipinski definition) is 5. The van der Waals surface area contributed by atoms with Crippen molar-refractivity contribution >= 4 is 17.5 Å². The molecule has 1 aliphatic heterocycles. The van der Waals surface area contributed by atoms with Crippen LogP contribution < -0.4 is 10.6 Å². The van der Waals surface area contributed by atoms with Crippen LogP contribution in [0.5, 0.6) is 0 Å². The van der Waals surface area contributed by atoms with Crippen molar-refractivity contribution in [1.82, 2.24) is 10.6 Å². The molecule has 1 aliphatic carbocycles. The summed E-state index contributed by atoms with van der Waals surface area (Å²) in [7, 11) is 0. The number of nitrogens with zero attached hydrogens (tertiary/aromatic N) is 1. The lowest BCUT2D eigenvalue weighted by Crippen LogP contribution is -2.15. The summed E-state index contributed by atoms with van der Waals surface area (Å²) >= 11 is 0. The first kappa shape index (κ1) is 13.4. The molecule has 1 heterocycles. The number of nitro benzene ring substituents is 1. The van der Waals surface area contributed by atoms with Gasteiger partial charge >= 0.3 is 0 Å². The standard InChI is InChI=1S/C15H15N3O3/c19-14-11(4-5-13(14)15-16-6-7-17-15)8-10-2-1-3-12(9-10)18(20)21/h1-3,8-9,16-17H,4-7H2/b11-8+. The van der Waals surface area contributed by atoms with E-state index in [1.807, 2.05) is 0 Å². The molecule has 0 radical (unpaired) electrons. The van der Waals surface area contributed by atoms with Crippen LogP contribution in [0.3, 0.4) is 0 Å². The molecule has 2 fully saturated rings. The Bertz CT molecular complexity index is 668. The minimum Gasteiger partial charge on any atom is -0.370 e. The van der Waals surface area contributed by atoms with Gasteiger partial charge in [-0.15, -0.1) is 0 Å². The lowest BCUT2D eigenvalue weighted by Gasteiger charge is -2.03. The maximum Gasteiger partial charge on any atom is 0.270 e. The van der Waals surface area contributed by atoms with Crippen molar-refractivity contribution < 1.29 is 9.72 Å². The second kappa shape index (κ2) is 5.40. The van der Waals surface area contributed by atoms with Gasteiger partial charge in [0.2, 0.25) is 0 Å². The summed E-state index contributed by atoms with van der Waals surface area (Å²) in [6.45, 7) is 1.66. The molecule has 0 amide bonds. The maximum absolute atomic E-state index is 12.4. The number of allylic oxidation sites excluding steroid dienone is 2. The minimum absolute atomic E-state index is 0.0263. The van der Waals surface area contributed by atoms with Crippen molar-refractivity contribution in [2.24, 2.45) is 0 Å². The Balaban J connectivity index is 1.88. The molecule has 108 valence electrons. The molecule has 1 aromatic rings. The van der Waals surface area contributed by atoms with Crippen LogP contribution in [-0.2, 0) is 4.79 Å². The summed E-state index contributed by atoms with van der Waals surface area (Å²) in [5, 5.41) is 17.1. The topological polar surface area (TPSA) is 84.3 Å². The van der Waals surface area contributed by atoms with Crippen LogP contribution in [0.2, 0.25) is 0 Å². The van der Waals surface area contributed by atoms with E-state index < -0.39 is 4.92 Å². The van der Waals surface area contributed by atoms with Gasteiger partial charge < -0.3 is 10.6 Å². The summed E-state index contributed by atoms with van der Waals surface area (Å²) in [5.74, 6) is 0.862. The van der Waals surface area contributed by atoms with Gasteiger partial charge in [0.25, 0.3) is 5.69 Å². The Hall–Kier alpha value is -2.63. The first-order valence-electron chi connectivity index (χ1n) is 6.86. The van der Waals surface area contributed by atoms with Crippen LogP contribution in [0.4, 0.5) is 5.69 Å². The number of Topliss-reactive ketones (excluding diaryl/α,β-unsaturated/α-hetero) is 1. The molecule has 0 atom stereocenters. The van der Waals surface area contributed by atoms with Gasteiger partial charge in [0, 0.05) is 36.4 Å². The molecule has 1 saturated heterocycles. The van der Waals surface area contributed by atoms with E-state index in [4.69, 9.17) is 0 Å². The van der Waals surface area contributed by atoms with Gasteiger partial charge in [-0.1, -0.05) is 12.1 Å². The van der Waals surface area contributed by atoms with E-state index in [2.05, 4.69) is 10.6 Å². The lowest BCUT2D eigenvalue weighted by molar-refractivity contribution is -0.384. The van der Waals surface area contributed by atoms with Crippen LogP contribution >= 0.6 is 0 Å². The Kier molecular flexibility index (Phi) is 3.43. The van der Waals surface area contributed by atoms with E-state index in [-0.39, 0.29) is 11.5 Å². The first-order chi connectivity index (χ1) is 10.1. The average Bonchev–Trinajstić information content (AvgIpc) is 3.10. The van der Waals surface area contributed by atoms with Crippen LogP contribution in [0.1, 0.15) is 18.4 Å². The summed E-state index contributed by atoms with van der Waals surface area (Å²) in [6, 6.07) is 6.32. The van der Waals surface area contributed by atoms with Crippen molar-refractivity contribution in [2.75, 3.05) is 13.1 Å². The molecule has 1 aromatic carbocycles. The smallest absolute Gasteiger partial charge is 0.270 e. The number of carbonyl (C=O) groups excluding carboxylic acids is 1. The van der Waals surface area contributed by atoms with Gasteiger partial charge in [-0.25, -0.2) is 0 Å². The zero-order valence-corrected chi connectivity index (χ0v) is 11.4. The van der Waals surface area contributed by atoms with Crippen molar-refractivity contribution in [3.05, 3.63) is 56.9 Å². The van der Waals surface area contributed by atoms with E-state index in [0.717, 1.165) is 24.5 Å². The van der Waals surface area contributed by atoms with Crippen LogP contribution in [0.15, 0.2) is 41.2 Å². The summed E-state index contributed by atoms with van der Waals surface area (Å²) < 4.78 is 0. The number of carbonyl (C=O) groups is 1. The van der Waals surface area contributed by atoms with E-state index in [1.54, 1.807) is 18.2 Å². The molecule has 6 nitrogen and oxygen atoms in total. The predicted molar refractivity (Wildman–Crippen MR) is 78.3 cm³/mol. The van der Waals surface area contributed by atoms with E-state index >= 15 is 0 Å². The van der Waals surface area contributed by atoms with Crippen LogP contribution in [-0.4, -0.2) is 23.8 Å². The van der Waals surface area contributed by atoms with Crippen molar-refractivity contribution in [2.45, 2.75) is 12.8 Å². The molecule has 0 bridgehead atoms. The Morgan fingerprint density at radius 1 is 1.19 bits per heavy atom. The molecule has 2 aliphatic rings. The quantitative estimate of drug-likeness (QED) is 0.491. The summed E-state index contributed by atoms with van der Waals surface area (Å²) in [5.41, 5.74) is 2.20. The molecule has 0 aromatic heterocycles. The lowest BCUT2D eigenvalue weighted by atomic mass is 10.1. The SMILES string of the molecule is O=C1C(=C2NCCN2)CC/C1=C\c1cccc([N+](=O)[O-])c1. The average molecular weight is 285 g/mol. The second-order valence-corrected chi connectivity index (χ2v) is 5.06. The zero-order valence-electron chi connectivity index (χ0n) is 11.4. The Morgan fingerprint density at radius 2 is 1.95 bits per heavy atom. The molecule has 0 spiro atoms. The summed E-state index contributed by atoms with van der Waals surface area (Å²) in [6.07, 6.45) is 3.12. The third-order valence-electron chi connectivity index (χ3n) is 3.66. The number of ketones is 1. The number of hydrogen-bond donors (Lipinski definition) is 2. The molecule has 3 rings (SSSR count). The molecule has 0 unspecified atom stereocenters. The first-order valence-corrected chi connectivity index (χ1v) is 6.86. The van der Waals surface area contributed by atoms with E-state index in [1.165, 1.54) is 12.1 Å². The van der Waals surface area contributed by atoms with Gasteiger partial charge in [0.05, 0.1) is 4.92 Å². The predicted octanol–water partition coefficient (Wildman–Crippen LogP) is 1.75. The largest absolute Gasteiger partial charge is 0.370 e. The Morgan fingerprint density at radius 3 is 2.67 bits per heavy atom. The number of nitro groups is 1. The molecular formula is C15H15N3O3. The van der Waals surface area contributed by atoms with Gasteiger partial charge in [0.15, 0.2) is 5.78 Å². The van der Waals surface area contributed by atoms with E-state index in [9.17, 15) is 14.9 Å². The molecule has 2 N–H and O–H groups in total. The molecular weight excluding hydrogens is 270 g/mol. The molecule has 6 heteroatoms. The normalized spacial score (nSPS) is 19.8. The highest BCUT2D eigenvalue weighted by atomic mass is 16.6. The number of rotatable bonds is 2. The maximum atomic E-state index is 12.4. The van der Waals surface area contributed by atoms with Gasteiger partial charge in [-0.2, -0.15) is 0 Å². The van der Waals surface area contributed by atoms with Crippen LogP contribution in [0, 0.1) is 10.1 Å². The highest BCUT2D eigenvalue weighted by Gasteiger charge is 2.27. The number of non-ortho nitro benzene ring substituents is 1.